The number of rotatable bonds is 8. The van der Waals surface area contributed by atoms with E-state index in [-0.39, 0.29) is 12.5 Å². The van der Waals surface area contributed by atoms with Gasteiger partial charge >= 0.3 is 6.03 Å². The van der Waals surface area contributed by atoms with E-state index in [0.29, 0.717) is 45.4 Å². The third kappa shape index (κ3) is 6.01. The minimum Gasteiger partial charge on any atom is -0.497 e. The molecule has 10 nitrogen and oxygen atoms in total. The van der Waals surface area contributed by atoms with Crippen molar-refractivity contribution < 1.29 is 23.9 Å². The summed E-state index contributed by atoms with van der Waals surface area (Å²) in [6.45, 7) is 5.86. The Bertz CT molecular complexity index is 890. The van der Waals surface area contributed by atoms with E-state index in [1.54, 1.807) is 21.0 Å². The van der Waals surface area contributed by atoms with Crippen molar-refractivity contribution in [2.75, 3.05) is 39.8 Å². The quantitative estimate of drug-likeness (QED) is 0.559. The van der Waals surface area contributed by atoms with Crippen LogP contribution < -0.4 is 15.5 Å². The summed E-state index contributed by atoms with van der Waals surface area (Å²) < 4.78 is 5.16. The molecule has 0 bridgehead atoms. The number of hydrazine groups is 1. The first-order valence-corrected chi connectivity index (χ1v) is 11.3. The van der Waals surface area contributed by atoms with Gasteiger partial charge in [0.25, 0.3) is 11.8 Å². The number of carbonyl (C=O) groups excluding carboxylic acids is 4. The number of urea groups is 1. The molecule has 1 aromatic rings. The fourth-order valence-electron chi connectivity index (χ4n) is 3.97. The molecule has 1 atom stereocenters. The Labute approximate surface area is 194 Å². The second-order valence-corrected chi connectivity index (χ2v) is 8.65. The van der Waals surface area contributed by atoms with Gasteiger partial charge in [0, 0.05) is 32.6 Å². The highest BCUT2D eigenvalue weighted by Gasteiger charge is 2.47. The van der Waals surface area contributed by atoms with Gasteiger partial charge in [0.1, 0.15) is 11.3 Å². The molecule has 180 valence electrons. The van der Waals surface area contributed by atoms with Gasteiger partial charge in [-0.25, -0.2) is 4.79 Å². The van der Waals surface area contributed by atoms with E-state index in [0.717, 1.165) is 22.7 Å². The van der Waals surface area contributed by atoms with Gasteiger partial charge in [-0.2, -0.15) is 5.01 Å². The van der Waals surface area contributed by atoms with Crippen LogP contribution in [0.4, 0.5) is 4.79 Å². The van der Waals surface area contributed by atoms with Gasteiger partial charge in [-0.3, -0.25) is 24.7 Å². The molecule has 2 aliphatic rings. The van der Waals surface area contributed by atoms with Crippen molar-refractivity contribution in [1.29, 1.82) is 0 Å². The molecule has 1 unspecified atom stereocenters. The summed E-state index contributed by atoms with van der Waals surface area (Å²) in [5.41, 5.74) is 2.50. The van der Waals surface area contributed by atoms with Crippen LogP contribution in [0.3, 0.4) is 0 Å². The maximum absolute atomic E-state index is 12.7. The molecule has 10 heteroatoms. The van der Waals surface area contributed by atoms with Crippen molar-refractivity contribution in [2.45, 2.75) is 45.1 Å². The molecular weight excluding hydrogens is 426 g/mol. The molecule has 33 heavy (non-hydrogen) atoms. The molecule has 3 rings (SSSR count). The lowest BCUT2D eigenvalue weighted by Crippen LogP contribution is -2.51. The standard InChI is InChI=1S/C23H33N5O5/c1-4-23(2)21(31)28(22(32)24-23)25-19(29)16-26-12-5-13-27(15-14-26)20(30)11-8-17-6-9-18(33-3)10-7-17/h6-7,9-10H,4-5,8,11-16H2,1-3H3,(H,24,32)(H,25,29). The van der Waals surface area contributed by atoms with E-state index in [1.165, 1.54) is 0 Å². The summed E-state index contributed by atoms with van der Waals surface area (Å²) in [6.07, 6.45) is 2.26. The minimum absolute atomic E-state index is 0.0494. The zero-order chi connectivity index (χ0) is 24.0. The number of ether oxygens (including phenoxy) is 1. The molecule has 2 aliphatic heterocycles. The summed E-state index contributed by atoms with van der Waals surface area (Å²) in [7, 11) is 1.62. The number of nitrogens with one attached hydrogen (secondary N) is 2. The number of methoxy groups -OCH3 is 1. The van der Waals surface area contributed by atoms with E-state index in [4.69, 9.17) is 4.74 Å². The SMILES string of the molecule is CCC1(C)NC(=O)N(NC(=O)CN2CCCN(C(=O)CCc3ccc(OC)cc3)CC2)C1=O. The van der Waals surface area contributed by atoms with E-state index in [9.17, 15) is 19.2 Å². The molecule has 0 spiro atoms. The first-order chi connectivity index (χ1) is 15.8. The number of aryl methyl sites for hydroxylation is 1. The Morgan fingerprint density at radius 2 is 1.85 bits per heavy atom. The Morgan fingerprint density at radius 3 is 2.48 bits per heavy atom. The van der Waals surface area contributed by atoms with Crippen LogP contribution in [0.5, 0.6) is 5.75 Å². The Balaban J connectivity index is 1.44. The monoisotopic (exact) mass is 459 g/mol. The Kier molecular flexibility index (Phi) is 7.91. The number of hydrogen-bond acceptors (Lipinski definition) is 6. The average molecular weight is 460 g/mol. The number of carbonyl (C=O) groups is 4. The maximum atomic E-state index is 12.7. The van der Waals surface area contributed by atoms with Gasteiger partial charge in [0.15, 0.2) is 0 Å². The van der Waals surface area contributed by atoms with Crippen molar-refractivity contribution >= 4 is 23.8 Å². The highest BCUT2D eigenvalue weighted by Crippen LogP contribution is 2.19. The second kappa shape index (κ2) is 10.7. The largest absolute Gasteiger partial charge is 0.497 e. The van der Waals surface area contributed by atoms with Gasteiger partial charge in [-0.1, -0.05) is 19.1 Å². The number of imide groups is 1. The zero-order valence-corrected chi connectivity index (χ0v) is 19.6. The van der Waals surface area contributed by atoms with Crippen molar-refractivity contribution in [3.8, 4) is 5.75 Å². The fraction of sp³-hybridized carbons (Fsp3) is 0.565. The van der Waals surface area contributed by atoms with Gasteiger partial charge in [0.05, 0.1) is 13.7 Å². The van der Waals surface area contributed by atoms with Crippen LogP contribution in [-0.4, -0.2) is 83.9 Å². The molecule has 2 saturated heterocycles. The van der Waals surface area contributed by atoms with Crippen LogP contribution in [0.15, 0.2) is 24.3 Å². The molecule has 0 radical (unpaired) electrons. The first-order valence-electron chi connectivity index (χ1n) is 11.3. The summed E-state index contributed by atoms with van der Waals surface area (Å²) in [4.78, 5) is 53.4. The summed E-state index contributed by atoms with van der Waals surface area (Å²) in [5.74, 6) is -0.0166. The number of nitrogens with zero attached hydrogens (tertiary/aromatic N) is 3. The molecule has 2 fully saturated rings. The van der Waals surface area contributed by atoms with Crippen molar-refractivity contribution in [3.63, 3.8) is 0 Å². The smallest absolute Gasteiger partial charge is 0.344 e. The van der Waals surface area contributed by atoms with Crippen LogP contribution >= 0.6 is 0 Å². The average Bonchev–Trinajstić information content (AvgIpc) is 2.96. The summed E-state index contributed by atoms with van der Waals surface area (Å²) in [5, 5.41) is 3.37. The minimum atomic E-state index is -1.00. The molecule has 2 heterocycles. The van der Waals surface area contributed by atoms with Crippen LogP contribution in [0, 0.1) is 0 Å². The topological polar surface area (TPSA) is 111 Å². The lowest BCUT2D eigenvalue weighted by molar-refractivity contribution is -0.139. The highest BCUT2D eigenvalue weighted by molar-refractivity contribution is 6.07. The molecule has 0 saturated carbocycles. The predicted molar refractivity (Wildman–Crippen MR) is 121 cm³/mol. The normalized spacial score (nSPS) is 21.5. The Hall–Kier alpha value is -3.14. The van der Waals surface area contributed by atoms with Crippen molar-refractivity contribution in [2.24, 2.45) is 0 Å². The van der Waals surface area contributed by atoms with E-state index in [1.807, 2.05) is 34.1 Å². The molecule has 5 amide bonds. The third-order valence-corrected chi connectivity index (χ3v) is 6.30. The molecule has 0 aromatic heterocycles. The predicted octanol–water partition coefficient (Wildman–Crippen LogP) is 0.914. The van der Waals surface area contributed by atoms with E-state index < -0.39 is 23.4 Å². The van der Waals surface area contributed by atoms with Crippen LogP contribution in [0.1, 0.15) is 38.7 Å². The second-order valence-electron chi connectivity index (χ2n) is 8.65. The summed E-state index contributed by atoms with van der Waals surface area (Å²) in [6, 6.07) is 7.07. The van der Waals surface area contributed by atoms with Gasteiger partial charge in [-0.05, 0) is 43.9 Å². The fourth-order valence-corrected chi connectivity index (χ4v) is 3.97. The van der Waals surface area contributed by atoms with Gasteiger partial charge in [0.2, 0.25) is 5.91 Å². The maximum Gasteiger partial charge on any atom is 0.344 e. The van der Waals surface area contributed by atoms with Gasteiger partial charge < -0.3 is 15.0 Å². The zero-order valence-electron chi connectivity index (χ0n) is 19.6. The lowest BCUT2D eigenvalue weighted by atomic mass is 10.00. The van der Waals surface area contributed by atoms with Crippen LogP contribution in [-0.2, 0) is 20.8 Å². The number of amides is 5. The first kappa shape index (κ1) is 24.5. The number of benzene rings is 1. The lowest BCUT2D eigenvalue weighted by Gasteiger charge is -2.23. The van der Waals surface area contributed by atoms with Crippen molar-refractivity contribution in [1.82, 2.24) is 25.6 Å². The van der Waals surface area contributed by atoms with Crippen LogP contribution in [0.25, 0.3) is 0 Å². The molecule has 2 N–H and O–H groups in total. The molecule has 0 aliphatic carbocycles. The molecule has 1 aromatic carbocycles. The summed E-state index contributed by atoms with van der Waals surface area (Å²) >= 11 is 0. The van der Waals surface area contributed by atoms with Crippen molar-refractivity contribution in [3.05, 3.63) is 29.8 Å². The highest BCUT2D eigenvalue weighted by atomic mass is 16.5. The number of hydrogen-bond donors (Lipinski definition) is 2. The molecular formula is C23H33N5O5. The third-order valence-electron chi connectivity index (χ3n) is 6.30. The van der Waals surface area contributed by atoms with E-state index >= 15 is 0 Å². The van der Waals surface area contributed by atoms with Crippen LogP contribution in [0.2, 0.25) is 0 Å². The van der Waals surface area contributed by atoms with Gasteiger partial charge in [-0.15, -0.1) is 0 Å². The van der Waals surface area contributed by atoms with E-state index in [2.05, 4.69) is 10.7 Å². The Morgan fingerprint density at radius 1 is 1.12 bits per heavy atom.